The molecule has 3 N–H and O–H groups in total. The molecule has 1 saturated heterocycles. The molecule has 0 spiro atoms. The fourth-order valence-electron chi connectivity index (χ4n) is 4.38. The van der Waals surface area contributed by atoms with Crippen LogP contribution in [0.15, 0.2) is 0 Å². The van der Waals surface area contributed by atoms with Gasteiger partial charge in [-0.3, -0.25) is 14.4 Å². The highest BCUT2D eigenvalue weighted by Gasteiger charge is 2.38. The van der Waals surface area contributed by atoms with Crippen molar-refractivity contribution in [3.63, 3.8) is 0 Å². The number of piperidine rings is 1. The molecular formula is C22H36N6O5. The van der Waals surface area contributed by atoms with Gasteiger partial charge in [-0.25, -0.2) is 0 Å². The predicted molar refractivity (Wildman–Crippen MR) is 118 cm³/mol. The third kappa shape index (κ3) is 8.38. The number of nitrogens with zero attached hydrogens (tertiary/aromatic N) is 3. The van der Waals surface area contributed by atoms with Crippen molar-refractivity contribution in [3.8, 4) is 0 Å². The highest BCUT2D eigenvalue weighted by Crippen LogP contribution is 2.40. The number of aromatic amines is 1. The number of tetrazole rings is 1. The zero-order valence-electron chi connectivity index (χ0n) is 22.1. The van der Waals surface area contributed by atoms with E-state index in [-0.39, 0.29) is 56.8 Å². The average molecular weight is 468 g/mol. The van der Waals surface area contributed by atoms with E-state index in [0.717, 1.165) is 19.3 Å². The minimum Gasteiger partial charge on any atom is -0.466 e. The molecule has 2 heterocycles. The standard InChI is InChI=1S/C22H36N6O5/c1-2-32-21(30)9-8-20(29)23-10-3-11-33-22(31)18-13-17-12-15(4-6-16(17)14-24-18)5-7-19-25-27-28-26-19/h15-18,24H,2-14H2,1H3,(H,23,29)(H,25,26,27,28)/t15-,16+,17-,18+/m1/s1/i14D2,18D. The molecule has 1 aliphatic carbocycles. The molecule has 1 aromatic rings. The van der Waals surface area contributed by atoms with Crippen LogP contribution in [0.2, 0.25) is 0 Å². The third-order valence-corrected chi connectivity index (χ3v) is 6.12. The van der Waals surface area contributed by atoms with E-state index in [9.17, 15) is 14.4 Å². The Bertz CT molecular complexity index is 890. The van der Waals surface area contributed by atoms with Gasteiger partial charge in [0.25, 0.3) is 0 Å². The molecule has 4 atom stereocenters. The number of esters is 2. The van der Waals surface area contributed by atoms with E-state index in [2.05, 4.69) is 31.3 Å². The van der Waals surface area contributed by atoms with Gasteiger partial charge in [-0.2, -0.15) is 5.21 Å². The molecule has 2 aliphatic rings. The van der Waals surface area contributed by atoms with Gasteiger partial charge in [-0.05, 0) is 63.3 Å². The number of carbonyl (C=O) groups excluding carboxylic acids is 3. The second kappa shape index (κ2) is 13.2. The van der Waals surface area contributed by atoms with Gasteiger partial charge in [0.15, 0.2) is 5.82 Å². The second-order valence-corrected chi connectivity index (χ2v) is 8.51. The molecule has 0 aromatic carbocycles. The molecule has 1 amide bonds. The largest absolute Gasteiger partial charge is 0.466 e. The first kappa shape index (κ1) is 21.0. The van der Waals surface area contributed by atoms with Crippen LogP contribution in [-0.4, -0.2) is 70.7 Å². The maximum atomic E-state index is 12.8. The first-order chi connectivity index (χ1) is 17.1. The number of fused-ring (bicyclic) bond motifs is 1. The quantitative estimate of drug-likeness (QED) is 0.301. The highest BCUT2D eigenvalue weighted by molar-refractivity contribution is 5.81. The average Bonchev–Trinajstić information content (AvgIpc) is 3.34. The van der Waals surface area contributed by atoms with Crippen molar-refractivity contribution in [1.29, 1.82) is 0 Å². The minimum absolute atomic E-state index is 0.00378. The predicted octanol–water partition coefficient (Wildman–Crippen LogP) is 0.919. The van der Waals surface area contributed by atoms with Gasteiger partial charge < -0.3 is 20.1 Å². The van der Waals surface area contributed by atoms with Crippen LogP contribution in [-0.2, 0) is 30.3 Å². The van der Waals surface area contributed by atoms with Gasteiger partial charge in [0.2, 0.25) is 5.91 Å². The summed E-state index contributed by atoms with van der Waals surface area (Å²) in [6, 6.07) is -1.87. The van der Waals surface area contributed by atoms with Gasteiger partial charge in [0.1, 0.15) is 6.02 Å². The summed E-state index contributed by atoms with van der Waals surface area (Å²) in [5, 5.41) is 19.2. The van der Waals surface area contributed by atoms with Gasteiger partial charge in [0.05, 0.1) is 21.0 Å². The molecule has 2 fully saturated rings. The van der Waals surface area contributed by atoms with Crippen LogP contribution >= 0.6 is 0 Å². The Hall–Kier alpha value is -2.56. The number of rotatable bonds is 12. The van der Waals surface area contributed by atoms with Gasteiger partial charge in [0, 0.05) is 22.1 Å². The van der Waals surface area contributed by atoms with Crippen LogP contribution < -0.4 is 10.6 Å². The van der Waals surface area contributed by atoms with Crippen LogP contribution in [0.4, 0.5) is 0 Å². The molecular weight excluding hydrogens is 428 g/mol. The monoisotopic (exact) mass is 467 g/mol. The Balaban J connectivity index is 1.42. The van der Waals surface area contributed by atoms with Crippen LogP contribution in [0.1, 0.15) is 68.2 Å². The lowest BCUT2D eigenvalue weighted by molar-refractivity contribution is -0.148. The number of hydrogen-bond donors (Lipinski definition) is 3. The van der Waals surface area contributed by atoms with Gasteiger partial charge in [-0.15, -0.1) is 10.2 Å². The highest BCUT2D eigenvalue weighted by atomic mass is 16.5. The normalized spacial score (nSPS) is 29.6. The Morgan fingerprint density at radius 1 is 1.21 bits per heavy atom. The minimum atomic E-state index is -1.87. The topological polar surface area (TPSA) is 148 Å². The fourth-order valence-corrected chi connectivity index (χ4v) is 4.38. The Morgan fingerprint density at radius 2 is 2.09 bits per heavy atom. The van der Waals surface area contributed by atoms with Crippen molar-refractivity contribution in [1.82, 2.24) is 31.3 Å². The van der Waals surface area contributed by atoms with Crippen molar-refractivity contribution < 1.29 is 28.0 Å². The number of ether oxygens (including phenoxy) is 2. The summed E-state index contributed by atoms with van der Waals surface area (Å²) in [5.74, 6) is -0.944. The summed E-state index contributed by atoms with van der Waals surface area (Å²) in [6.45, 7) is 0.352. The molecule has 1 aromatic heterocycles. The smallest absolute Gasteiger partial charge is 0.323 e. The number of aromatic nitrogens is 4. The number of carbonyl (C=O) groups is 3. The van der Waals surface area contributed by atoms with E-state index in [1.165, 1.54) is 0 Å². The molecule has 1 aliphatic heterocycles. The molecule has 3 rings (SSSR count). The molecule has 11 nitrogen and oxygen atoms in total. The van der Waals surface area contributed by atoms with Crippen LogP contribution in [0.3, 0.4) is 0 Å². The summed E-state index contributed by atoms with van der Waals surface area (Å²) in [4.78, 5) is 35.8. The number of nitrogens with one attached hydrogen (secondary N) is 3. The first-order valence-electron chi connectivity index (χ1n) is 13.2. The summed E-state index contributed by atoms with van der Waals surface area (Å²) >= 11 is 0. The SMILES string of the molecule is [2H]C1([2H])N[C@]([2H])(C(=O)OCCCNC(=O)CCC(=O)OCC)C[C@H]2C[C@@H](CCc3nn[nH]n3)CC[C@H]21. The van der Waals surface area contributed by atoms with Crippen molar-refractivity contribution in [2.75, 3.05) is 26.3 Å². The molecule has 0 radical (unpaired) electrons. The van der Waals surface area contributed by atoms with Crippen molar-refractivity contribution in [2.45, 2.75) is 70.7 Å². The van der Waals surface area contributed by atoms with Crippen LogP contribution in [0.25, 0.3) is 0 Å². The molecule has 33 heavy (non-hydrogen) atoms. The Kier molecular flexibility index (Phi) is 8.42. The van der Waals surface area contributed by atoms with Crippen molar-refractivity contribution >= 4 is 17.8 Å². The maximum absolute atomic E-state index is 12.8. The van der Waals surface area contributed by atoms with Crippen LogP contribution in [0.5, 0.6) is 0 Å². The number of amides is 1. The lowest BCUT2D eigenvalue weighted by atomic mass is 9.69. The summed E-state index contributed by atoms with van der Waals surface area (Å²) < 4.78 is 35.7. The third-order valence-electron chi connectivity index (χ3n) is 6.12. The molecule has 0 unspecified atom stereocenters. The molecule has 0 bridgehead atoms. The van der Waals surface area contributed by atoms with Crippen molar-refractivity contribution in [3.05, 3.63) is 5.82 Å². The zero-order valence-corrected chi connectivity index (χ0v) is 19.1. The maximum Gasteiger partial charge on any atom is 0.323 e. The van der Waals surface area contributed by atoms with E-state index < -0.39 is 24.5 Å². The fraction of sp³-hybridized carbons (Fsp3) is 0.818. The molecule has 184 valence electrons. The van der Waals surface area contributed by atoms with Gasteiger partial charge in [-0.1, -0.05) is 11.6 Å². The van der Waals surface area contributed by atoms with E-state index in [1.54, 1.807) is 6.92 Å². The zero-order chi connectivity index (χ0) is 26.2. The van der Waals surface area contributed by atoms with E-state index in [1.807, 2.05) is 0 Å². The molecule has 11 heteroatoms. The summed E-state index contributed by atoms with van der Waals surface area (Å²) in [5.41, 5.74) is 0. The number of H-pyrrole nitrogens is 1. The first-order valence-corrected chi connectivity index (χ1v) is 11.7. The summed E-state index contributed by atoms with van der Waals surface area (Å²) in [6.07, 6.45) is 4.36. The Morgan fingerprint density at radius 3 is 2.88 bits per heavy atom. The van der Waals surface area contributed by atoms with E-state index >= 15 is 0 Å². The van der Waals surface area contributed by atoms with E-state index in [0.29, 0.717) is 31.0 Å². The second-order valence-electron chi connectivity index (χ2n) is 8.51. The lowest BCUT2D eigenvalue weighted by Gasteiger charge is -2.42. The molecule has 1 saturated carbocycles. The number of hydrogen-bond acceptors (Lipinski definition) is 9. The lowest BCUT2D eigenvalue weighted by Crippen LogP contribution is -2.50. The Labute approximate surface area is 198 Å². The summed E-state index contributed by atoms with van der Waals surface area (Å²) in [7, 11) is 0. The number of aryl methyl sites for hydroxylation is 1. The van der Waals surface area contributed by atoms with Crippen molar-refractivity contribution in [2.24, 2.45) is 17.8 Å². The van der Waals surface area contributed by atoms with E-state index in [4.69, 9.17) is 13.6 Å². The van der Waals surface area contributed by atoms with Gasteiger partial charge >= 0.3 is 11.9 Å². The van der Waals surface area contributed by atoms with Crippen LogP contribution in [0, 0.1) is 17.8 Å².